The van der Waals surface area contributed by atoms with E-state index < -0.39 is 0 Å². The molecule has 104 valence electrons. The standard InChI is InChI=1S/C15H18N4O/c1-11-12-6-2-3-7-13(12)15(18-17-11)16-10-14(20)19-8-4-5-9-19/h2-3,6-7H,4-5,8-10H2,1H3,(H,16,18). The van der Waals surface area contributed by atoms with E-state index in [0.717, 1.165) is 42.4 Å². The fourth-order valence-electron chi connectivity index (χ4n) is 2.61. The van der Waals surface area contributed by atoms with Gasteiger partial charge in [-0.2, -0.15) is 5.10 Å². The van der Waals surface area contributed by atoms with E-state index in [-0.39, 0.29) is 12.5 Å². The summed E-state index contributed by atoms with van der Waals surface area (Å²) in [7, 11) is 0. The van der Waals surface area contributed by atoms with E-state index in [4.69, 9.17) is 0 Å². The van der Waals surface area contributed by atoms with Crippen LogP contribution in [0.4, 0.5) is 5.82 Å². The van der Waals surface area contributed by atoms with Gasteiger partial charge in [0.2, 0.25) is 5.91 Å². The van der Waals surface area contributed by atoms with Gasteiger partial charge in [0.1, 0.15) is 0 Å². The number of benzene rings is 1. The summed E-state index contributed by atoms with van der Waals surface area (Å²) < 4.78 is 0. The third-order valence-corrected chi connectivity index (χ3v) is 3.74. The van der Waals surface area contributed by atoms with Crippen molar-refractivity contribution in [2.24, 2.45) is 0 Å². The molecule has 5 heteroatoms. The van der Waals surface area contributed by atoms with Gasteiger partial charge < -0.3 is 10.2 Å². The maximum Gasteiger partial charge on any atom is 0.241 e. The molecule has 0 bridgehead atoms. The first kappa shape index (κ1) is 12.8. The van der Waals surface area contributed by atoms with Crippen molar-refractivity contribution in [3.05, 3.63) is 30.0 Å². The lowest BCUT2D eigenvalue weighted by atomic mass is 10.1. The van der Waals surface area contributed by atoms with Crippen LogP contribution >= 0.6 is 0 Å². The fraction of sp³-hybridized carbons (Fsp3) is 0.400. The highest BCUT2D eigenvalue weighted by molar-refractivity contribution is 5.94. The van der Waals surface area contributed by atoms with Crippen molar-refractivity contribution in [1.29, 1.82) is 0 Å². The van der Waals surface area contributed by atoms with Crippen LogP contribution in [0.3, 0.4) is 0 Å². The number of anilines is 1. The highest BCUT2D eigenvalue weighted by Crippen LogP contribution is 2.22. The molecule has 5 nitrogen and oxygen atoms in total. The van der Waals surface area contributed by atoms with E-state index >= 15 is 0 Å². The van der Waals surface area contributed by atoms with E-state index in [1.165, 1.54) is 0 Å². The Morgan fingerprint density at radius 2 is 1.90 bits per heavy atom. The van der Waals surface area contributed by atoms with Crippen LogP contribution in [0.1, 0.15) is 18.5 Å². The SMILES string of the molecule is Cc1nnc(NCC(=O)N2CCCC2)c2ccccc12. The first-order valence-corrected chi connectivity index (χ1v) is 6.99. The zero-order valence-electron chi connectivity index (χ0n) is 11.6. The minimum atomic E-state index is 0.133. The van der Waals surface area contributed by atoms with Gasteiger partial charge >= 0.3 is 0 Å². The van der Waals surface area contributed by atoms with Crippen LogP contribution in [-0.2, 0) is 4.79 Å². The molecular weight excluding hydrogens is 252 g/mol. The number of carbonyl (C=O) groups is 1. The average molecular weight is 270 g/mol. The second-order valence-electron chi connectivity index (χ2n) is 5.12. The maximum atomic E-state index is 12.0. The molecule has 1 aliphatic heterocycles. The third kappa shape index (κ3) is 2.43. The molecule has 1 aromatic heterocycles. The molecule has 0 spiro atoms. The summed E-state index contributed by atoms with van der Waals surface area (Å²) in [5.74, 6) is 0.813. The lowest BCUT2D eigenvalue weighted by molar-refractivity contribution is -0.128. The lowest BCUT2D eigenvalue weighted by Gasteiger charge is -2.16. The van der Waals surface area contributed by atoms with E-state index in [1.807, 2.05) is 36.1 Å². The van der Waals surface area contributed by atoms with Crippen molar-refractivity contribution in [2.75, 3.05) is 25.0 Å². The summed E-state index contributed by atoms with van der Waals surface area (Å²) >= 11 is 0. The van der Waals surface area contributed by atoms with Crippen molar-refractivity contribution in [3.8, 4) is 0 Å². The highest BCUT2D eigenvalue weighted by Gasteiger charge is 2.17. The predicted molar refractivity (Wildman–Crippen MR) is 78.6 cm³/mol. The van der Waals surface area contributed by atoms with Gasteiger partial charge in [-0.1, -0.05) is 24.3 Å². The van der Waals surface area contributed by atoms with Crippen LogP contribution in [0.2, 0.25) is 0 Å². The fourth-order valence-corrected chi connectivity index (χ4v) is 2.61. The Morgan fingerprint density at radius 3 is 2.65 bits per heavy atom. The number of carbonyl (C=O) groups excluding carboxylic acids is 1. The molecule has 0 radical (unpaired) electrons. The Morgan fingerprint density at radius 1 is 1.20 bits per heavy atom. The zero-order valence-corrected chi connectivity index (χ0v) is 11.6. The van der Waals surface area contributed by atoms with Crippen molar-refractivity contribution in [1.82, 2.24) is 15.1 Å². The number of nitrogens with one attached hydrogen (secondary N) is 1. The van der Waals surface area contributed by atoms with Crippen molar-refractivity contribution in [3.63, 3.8) is 0 Å². The van der Waals surface area contributed by atoms with Gasteiger partial charge in [0.15, 0.2) is 5.82 Å². The Balaban J connectivity index is 1.77. The summed E-state index contributed by atoms with van der Waals surface area (Å²) in [4.78, 5) is 13.9. The van der Waals surface area contributed by atoms with Gasteiger partial charge in [-0.15, -0.1) is 5.10 Å². The van der Waals surface area contributed by atoms with E-state index in [2.05, 4.69) is 15.5 Å². The van der Waals surface area contributed by atoms with Crippen molar-refractivity contribution >= 4 is 22.5 Å². The van der Waals surface area contributed by atoms with Crippen molar-refractivity contribution in [2.45, 2.75) is 19.8 Å². The van der Waals surface area contributed by atoms with Gasteiger partial charge in [0.05, 0.1) is 12.2 Å². The molecule has 0 unspecified atom stereocenters. The summed E-state index contributed by atoms with van der Waals surface area (Å²) in [6.45, 7) is 3.97. The Hall–Kier alpha value is -2.17. The Labute approximate surface area is 118 Å². The molecule has 3 rings (SSSR count). The second kappa shape index (κ2) is 5.45. The normalized spacial score (nSPS) is 14.8. The van der Waals surface area contributed by atoms with Crippen molar-refractivity contribution < 1.29 is 4.79 Å². The highest BCUT2D eigenvalue weighted by atomic mass is 16.2. The number of likely N-dealkylation sites (tertiary alicyclic amines) is 1. The number of hydrogen-bond acceptors (Lipinski definition) is 4. The van der Waals surface area contributed by atoms with Gasteiger partial charge in [-0.25, -0.2) is 0 Å². The average Bonchev–Trinajstić information content (AvgIpc) is 3.01. The van der Waals surface area contributed by atoms with Crippen LogP contribution in [-0.4, -0.2) is 40.6 Å². The number of aryl methyl sites for hydroxylation is 1. The van der Waals surface area contributed by atoms with Crippen LogP contribution in [0, 0.1) is 6.92 Å². The number of aromatic nitrogens is 2. The first-order chi connectivity index (χ1) is 9.75. The molecule has 2 heterocycles. The zero-order chi connectivity index (χ0) is 13.9. The molecule has 2 aromatic rings. The first-order valence-electron chi connectivity index (χ1n) is 6.99. The number of amides is 1. The molecule has 1 saturated heterocycles. The van der Waals surface area contributed by atoms with Crippen LogP contribution in [0.15, 0.2) is 24.3 Å². The van der Waals surface area contributed by atoms with Crippen LogP contribution in [0.25, 0.3) is 10.8 Å². The quantitative estimate of drug-likeness (QED) is 0.926. The summed E-state index contributed by atoms with van der Waals surface area (Å²) in [5.41, 5.74) is 0.900. The molecule has 1 N–H and O–H groups in total. The molecule has 0 aliphatic carbocycles. The summed E-state index contributed by atoms with van der Waals surface area (Å²) in [5, 5.41) is 13.5. The van der Waals surface area contributed by atoms with E-state index in [9.17, 15) is 4.79 Å². The minimum absolute atomic E-state index is 0.133. The Kier molecular flexibility index (Phi) is 3.50. The molecule has 1 amide bonds. The second-order valence-corrected chi connectivity index (χ2v) is 5.12. The number of fused-ring (bicyclic) bond motifs is 1. The predicted octanol–water partition coefficient (Wildman–Crippen LogP) is 1.97. The largest absolute Gasteiger partial charge is 0.359 e. The number of hydrogen-bond donors (Lipinski definition) is 1. The molecule has 0 saturated carbocycles. The smallest absolute Gasteiger partial charge is 0.241 e. The minimum Gasteiger partial charge on any atom is -0.359 e. The summed E-state index contributed by atoms with van der Waals surface area (Å²) in [6, 6.07) is 7.97. The van der Waals surface area contributed by atoms with E-state index in [1.54, 1.807) is 0 Å². The molecule has 1 fully saturated rings. The molecule has 1 aromatic carbocycles. The van der Waals surface area contributed by atoms with Gasteiger partial charge in [-0.05, 0) is 19.8 Å². The van der Waals surface area contributed by atoms with Gasteiger partial charge in [0, 0.05) is 23.9 Å². The maximum absolute atomic E-state index is 12.0. The number of nitrogens with zero attached hydrogens (tertiary/aromatic N) is 3. The monoisotopic (exact) mass is 270 g/mol. The Bertz CT molecular complexity index is 635. The van der Waals surface area contributed by atoms with Gasteiger partial charge in [0.25, 0.3) is 0 Å². The van der Waals surface area contributed by atoms with E-state index in [0.29, 0.717) is 5.82 Å². The third-order valence-electron chi connectivity index (χ3n) is 3.74. The number of rotatable bonds is 3. The van der Waals surface area contributed by atoms with Gasteiger partial charge in [-0.3, -0.25) is 4.79 Å². The molecule has 20 heavy (non-hydrogen) atoms. The van der Waals surface area contributed by atoms with Crippen LogP contribution < -0.4 is 5.32 Å². The lowest BCUT2D eigenvalue weighted by Crippen LogP contribution is -2.33. The molecule has 1 aliphatic rings. The molecule has 0 atom stereocenters. The molecular formula is C15H18N4O. The topological polar surface area (TPSA) is 58.1 Å². The summed E-state index contributed by atoms with van der Waals surface area (Å²) in [6.07, 6.45) is 2.22. The van der Waals surface area contributed by atoms with Crippen LogP contribution in [0.5, 0.6) is 0 Å².